The quantitative estimate of drug-likeness (QED) is 0.352. The predicted molar refractivity (Wildman–Crippen MR) is 135 cm³/mol. The fraction of sp³-hybridized carbons (Fsp3) is 0.222. The highest BCUT2D eigenvalue weighted by Crippen LogP contribution is 2.28. The molecule has 7 heteroatoms. The van der Waals surface area contributed by atoms with Crippen molar-refractivity contribution in [3.8, 4) is 11.5 Å². The molecule has 6 nitrogen and oxygen atoms in total. The number of rotatable bonds is 7. The van der Waals surface area contributed by atoms with E-state index in [-0.39, 0.29) is 0 Å². The van der Waals surface area contributed by atoms with Crippen molar-refractivity contribution in [1.82, 2.24) is 9.78 Å². The van der Waals surface area contributed by atoms with Crippen LogP contribution < -0.4 is 9.46 Å². The molecule has 0 unspecified atom stereocenters. The number of anilines is 1. The maximum absolute atomic E-state index is 13.3. The van der Waals surface area contributed by atoms with Crippen molar-refractivity contribution < 1.29 is 13.2 Å². The lowest BCUT2D eigenvalue weighted by atomic mass is 10.1. The normalized spacial score (nSPS) is 11.4. The van der Waals surface area contributed by atoms with Gasteiger partial charge in [0.2, 0.25) is 0 Å². The van der Waals surface area contributed by atoms with Crippen LogP contribution in [0.3, 0.4) is 0 Å². The average Bonchev–Trinajstić information content (AvgIpc) is 3.00. The minimum atomic E-state index is -3.76. The second-order valence-corrected chi connectivity index (χ2v) is 10.2. The van der Waals surface area contributed by atoms with Gasteiger partial charge in [-0.3, -0.25) is 9.40 Å². The maximum atomic E-state index is 13.3. The molecule has 0 saturated heterocycles. The Balaban J connectivity index is 1.58. The predicted octanol–water partition coefficient (Wildman–Crippen LogP) is 6.07. The molecule has 0 bridgehead atoms. The summed E-state index contributed by atoms with van der Waals surface area (Å²) >= 11 is 0. The van der Waals surface area contributed by atoms with Gasteiger partial charge in [0, 0.05) is 0 Å². The van der Waals surface area contributed by atoms with Crippen molar-refractivity contribution in [2.75, 3.05) is 4.72 Å². The largest absolute Gasteiger partial charge is 0.457 e. The van der Waals surface area contributed by atoms with Crippen LogP contribution in [0.15, 0.2) is 71.6 Å². The van der Waals surface area contributed by atoms with E-state index < -0.39 is 10.0 Å². The van der Waals surface area contributed by atoms with Crippen molar-refractivity contribution in [1.29, 1.82) is 0 Å². The number of aromatic nitrogens is 2. The minimum Gasteiger partial charge on any atom is -0.457 e. The van der Waals surface area contributed by atoms with Crippen LogP contribution in [-0.4, -0.2) is 18.2 Å². The standard InChI is InChI=1S/C27H29N3O3S/c1-18-14-19(2)27(20(3)15-18)34(31,32)29-26-21(4)28-30(22(26)5)17-23-10-9-13-25(16-23)33-24-11-7-6-8-12-24/h6-16,29H,17H2,1-5H3. The number of sulfonamides is 1. The second kappa shape index (κ2) is 9.35. The van der Waals surface area contributed by atoms with Gasteiger partial charge in [-0.05, 0) is 75.6 Å². The summed E-state index contributed by atoms with van der Waals surface area (Å²) in [5, 5.41) is 4.60. The van der Waals surface area contributed by atoms with Crippen LogP contribution in [0.4, 0.5) is 5.69 Å². The van der Waals surface area contributed by atoms with Crippen LogP contribution in [0, 0.1) is 34.6 Å². The zero-order valence-electron chi connectivity index (χ0n) is 20.1. The lowest BCUT2D eigenvalue weighted by Gasteiger charge is -2.14. The Morgan fingerprint density at radius 1 is 0.853 bits per heavy atom. The highest BCUT2D eigenvalue weighted by molar-refractivity contribution is 7.92. The first-order chi connectivity index (χ1) is 16.1. The molecule has 1 aromatic heterocycles. The lowest BCUT2D eigenvalue weighted by molar-refractivity contribution is 0.481. The van der Waals surface area contributed by atoms with Crippen LogP contribution in [0.25, 0.3) is 0 Å². The van der Waals surface area contributed by atoms with E-state index in [4.69, 9.17) is 4.74 Å². The summed E-state index contributed by atoms with van der Waals surface area (Å²) in [7, 11) is -3.76. The molecule has 4 rings (SSSR count). The summed E-state index contributed by atoms with van der Waals surface area (Å²) in [4.78, 5) is 0.315. The lowest BCUT2D eigenvalue weighted by Crippen LogP contribution is -2.17. The molecule has 0 saturated carbocycles. The first kappa shape index (κ1) is 23.6. The number of para-hydroxylation sites is 1. The SMILES string of the molecule is Cc1cc(C)c(S(=O)(=O)Nc2c(C)nn(Cc3cccc(Oc4ccccc4)c3)c2C)c(C)c1. The van der Waals surface area contributed by atoms with Crippen molar-refractivity contribution in [3.05, 3.63) is 100 Å². The Morgan fingerprint density at radius 3 is 2.18 bits per heavy atom. The molecule has 3 aromatic carbocycles. The summed E-state index contributed by atoms with van der Waals surface area (Å²) in [6.07, 6.45) is 0. The molecule has 4 aromatic rings. The third kappa shape index (κ3) is 4.99. The van der Waals surface area contributed by atoms with E-state index in [1.165, 1.54) is 0 Å². The fourth-order valence-corrected chi connectivity index (χ4v) is 5.91. The summed E-state index contributed by atoms with van der Waals surface area (Å²) < 4.78 is 37.1. The van der Waals surface area contributed by atoms with Crippen LogP contribution in [0.5, 0.6) is 11.5 Å². The number of nitrogens with one attached hydrogen (secondary N) is 1. The zero-order valence-corrected chi connectivity index (χ0v) is 20.9. The molecule has 0 atom stereocenters. The number of ether oxygens (including phenoxy) is 1. The Bertz CT molecular complexity index is 1420. The van der Waals surface area contributed by atoms with Gasteiger partial charge >= 0.3 is 0 Å². The van der Waals surface area contributed by atoms with Gasteiger partial charge in [0.05, 0.1) is 28.5 Å². The third-order valence-electron chi connectivity index (χ3n) is 5.70. The molecule has 34 heavy (non-hydrogen) atoms. The van der Waals surface area contributed by atoms with Gasteiger partial charge in [0.25, 0.3) is 10.0 Å². The first-order valence-corrected chi connectivity index (χ1v) is 12.6. The van der Waals surface area contributed by atoms with Crippen molar-refractivity contribution in [2.24, 2.45) is 0 Å². The van der Waals surface area contributed by atoms with Crippen molar-refractivity contribution in [2.45, 2.75) is 46.1 Å². The number of benzene rings is 3. The Morgan fingerprint density at radius 2 is 1.50 bits per heavy atom. The first-order valence-electron chi connectivity index (χ1n) is 11.1. The average molecular weight is 476 g/mol. The number of nitrogens with zero attached hydrogens (tertiary/aromatic N) is 2. The van der Waals surface area contributed by atoms with E-state index in [2.05, 4.69) is 9.82 Å². The topological polar surface area (TPSA) is 73.2 Å². The van der Waals surface area contributed by atoms with Crippen LogP contribution >= 0.6 is 0 Å². The molecule has 0 aliphatic carbocycles. The van der Waals surface area contributed by atoms with E-state index in [0.29, 0.717) is 22.8 Å². The summed E-state index contributed by atoms with van der Waals surface area (Å²) in [6, 6.07) is 21.2. The Hall–Kier alpha value is -3.58. The van der Waals surface area contributed by atoms with Gasteiger partial charge in [0.15, 0.2) is 0 Å². The molecule has 0 radical (unpaired) electrons. The van der Waals surface area contributed by atoms with Crippen LogP contribution in [0.2, 0.25) is 0 Å². The summed E-state index contributed by atoms with van der Waals surface area (Å²) in [5.41, 5.74) is 5.37. The van der Waals surface area contributed by atoms with Gasteiger partial charge in [-0.25, -0.2) is 8.42 Å². The van der Waals surface area contributed by atoms with Crippen LogP contribution in [0.1, 0.15) is 33.6 Å². The van der Waals surface area contributed by atoms with E-state index in [9.17, 15) is 8.42 Å². The molecule has 0 amide bonds. The molecule has 0 aliphatic heterocycles. The highest BCUT2D eigenvalue weighted by atomic mass is 32.2. The van der Waals surface area contributed by atoms with Crippen molar-refractivity contribution in [3.63, 3.8) is 0 Å². The van der Waals surface area contributed by atoms with Gasteiger partial charge in [-0.2, -0.15) is 5.10 Å². The van der Waals surface area contributed by atoms with E-state index in [0.717, 1.165) is 39.4 Å². The number of hydrogen-bond donors (Lipinski definition) is 1. The molecular weight excluding hydrogens is 446 g/mol. The minimum absolute atomic E-state index is 0.315. The summed E-state index contributed by atoms with van der Waals surface area (Å²) in [5.74, 6) is 1.50. The number of hydrogen-bond acceptors (Lipinski definition) is 4. The van der Waals surface area contributed by atoms with Gasteiger partial charge in [0.1, 0.15) is 11.5 Å². The summed E-state index contributed by atoms with van der Waals surface area (Å²) in [6.45, 7) is 9.78. The molecule has 1 N–H and O–H groups in total. The van der Waals surface area contributed by atoms with Crippen molar-refractivity contribution >= 4 is 15.7 Å². The van der Waals surface area contributed by atoms with E-state index >= 15 is 0 Å². The molecule has 0 spiro atoms. The van der Waals surface area contributed by atoms with Gasteiger partial charge < -0.3 is 4.74 Å². The number of aryl methyl sites for hydroxylation is 4. The monoisotopic (exact) mass is 475 g/mol. The van der Waals surface area contributed by atoms with E-state index in [1.54, 1.807) is 0 Å². The maximum Gasteiger partial charge on any atom is 0.262 e. The molecule has 0 aliphatic rings. The van der Waals surface area contributed by atoms with E-state index in [1.807, 2.05) is 106 Å². The smallest absolute Gasteiger partial charge is 0.262 e. The molecular formula is C27H29N3O3S. The Labute approximate surface area is 201 Å². The Kier molecular flexibility index (Phi) is 6.48. The second-order valence-electron chi connectivity index (χ2n) is 8.60. The molecule has 0 fully saturated rings. The zero-order chi connectivity index (χ0) is 24.5. The van der Waals surface area contributed by atoms with Crippen LogP contribution in [-0.2, 0) is 16.6 Å². The van der Waals surface area contributed by atoms with Gasteiger partial charge in [-0.1, -0.05) is 48.0 Å². The highest BCUT2D eigenvalue weighted by Gasteiger charge is 2.23. The van der Waals surface area contributed by atoms with Gasteiger partial charge in [-0.15, -0.1) is 0 Å². The molecule has 176 valence electrons. The fourth-order valence-electron chi connectivity index (χ4n) is 4.28. The molecule has 1 heterocycles. The third-order valence-corrected chi connectivity index (χ3v) is 7.36.